The van der Waals surface area contributed by atoms with Gasteiger partial charge in [0, 0.05) is 13.1 Å². The molecular weight excluding hydrogens is 285 g/mol. The minimum Gasteiger partial charge on any atom is -0.404 e. The van der Waals surface area contributed by atoms with Crippen LogP contribution in [0.5, 0.6) is 5.75 Å². The number of hydrogen-bond donors (Lipinski definition) is 1. The van der Waals surface area contributed by atoms with Crippen molar-refractivity contribution in [3.05, 3.63) is 36.4 Å². The largest absolute Gasteiger partial charge is 0.573 e. The first kappa shape index (κ1) is 16.9. The summed E-state index contributed by atoms with van der Waals surface area (Å²) in [5.74, 6) is -0.454. The zero-order valence-electron chi connectivity index (χ0n) is 11.8. The molecule has 0 aliphatic heterocycles. The van der Waals surface area contributed by atoms with Crippen molar-refractivity contribution in [2.75, 3.05) is 18.4 Å². The summed E-state index contributed by atoms with van der Waals surface area (Å²) in [5, 5.41) is 2.41. The maximum absolute atomic E-state index is 12.3. The van der Waals surface area contributed by atoms with E-state index >= 15 is 0 Å². The molecule has 0 atom stereocenters. The van der Waals surface area contributed by atoms with Crippen molar-refractivity contribution in [2.24, 2.45) is 0 Å². The Morgan fingerprint density at radius 3 is 2.52 bits per heavy atom. The molecule has 0 heterocycles. The molecule has 0 fully saturated rings. The van der Waals surface area contributed by atoms with Gasteiger partial charge in [-0.05, 0) is 26.0 Å². The minimum atomic E-state index is -4.82. The number of rotatable bonds is 5. The van der Waals surface area contributed by atoms with Gasteiger partial charge in [0.05, 0.1) is 5.69 Å². The van der Waals surface area contributed by atoms with Crippen LogP contribution in [-0.2, 0) is 0 Å². The number of nitrogens with zero attached hydrogens (tertiary/aromatic N) is 1. The van der Waals surface area contributed by atoms with E-state index in [1.54, 1.807) is 13.8 Å². The molecule has 116 valence electrons. The topological polar surface area (TPSA) is 41.6 Å². The van der Waals surface area contributed by atoms with Crippen LogP contribution in [0.2, 0.25) is 0 Å². The fraction of sp³-hybridized carbons (Fsp3) is 0.357. The van der Waals surface area contributed by atoms with E-state index < -0.39 is 18.1 Å². The number of carbonyl (C=O) groups is 1. The third-order valence-electron chi connectivity index (χ3n) is 2.48. The number of anilines is 1. The van der Waals surface area contributed by atoms with Crippen LogP contribution >= 0.6 is 0 Å². The zero-order chi connectivity index (χ0) is 16.0. The summed E-state index contributed by atoms with van der Waals surface area (Å²) in [6.07, 6.45) is -4.82. The molecule has 0 aliphatic carbocycles. The summed E-state index contributed by atoms with van der Waals surface area (Å²) in [7, 11) is 0. The summed E-state index contributed by atoms with van der Waals surface area (Å²) >= 11 is 0. The van der Waals surface area contributed by atoms with E-state index in [-0.39, 0.29) is 5.69 Å². The highest BCUT2D eigenvalue weighted by atomic mass is 19.4. The molecule has 21 heavy (non-hydrogen) atoms. The van der Waals surface area contributed by atoms with E-state index in [1.807, 2.05) is 0 Å². The van der Waals surface area contributed by atoms with Crippen molar-refractivity contribution >= 4 is 11.7 Å². The molecule has 0 radical (unpaired) electrons. The monoisotopic (exact) mass is 302 g/mol. The van der Waals surface area contributed by atoms with Crippen molar-refractivity contribution in [1.82, 2.24) is 4.90 Å². The molecule has 4 nitrogen and oxygen atoms in total. The number of likely N-dealkylation sites (N-methyl/N-ethyl adjacent to an activating group) is 1. The van der Waals surface area contributed by atoms with Crippen LogP contribution in [0.1, 0.15) is 13.8 Å². The molecule has 0 bridgehead atoms. The predicted octanol–water partition coefficient (Wildman–Crippen LogP) is 4.02. The molecule has 1 rings (SSSR count). The molecule has 0 unspecified atom stereocenters. The lowest BCUT2D eigenvalue weighted by Gasteiger charge is -2.22. The second-order valence-electron chi connectivity index (χ2n) is 4.45. The van der Waals surface area contributed by atoms with Crippen molar-refractivity contribution in [2.45, 2.75) is 20.2 Å². The molecule has 0 spiro atoms. The SMILES string of the molecule is C=C(C)CN(CC)C(=O)Nc1ccccc1OC(F)(F)F. The Morgan fingerprint density at radius 1 is 1.38 bits per heavy atom. The van der Waals surface area contributed by atoms with Crippen LogP contribution in [0, 0.1) is 0 Å². The molecule has 0 saturated heterocycles. The highest BCUT2D eigenvalue weighted by Crippen LogP contribution is 2.30. The number of amides is 2. The van der Waals surface area contributed by atoms with E-state index in [0.29, 0.717) is 13.1 Å². The quantitative estimate of drug-likeness (QED) is 0.835. The van der Waals surface area contributed by atoms with E-state index in [0.717, 1.165) is 11.6 Å². The maximum Gasteiger partial charge on any atom is 0.573 e. The lowest BCUT2D eigenvalue weighted by molar-refractivity contribution is -0.274. The Hall–Kier alpha value is -2.18. The van der Waals surface area contributed by atoms with Crippen molar-refractivity contribution < 1.29 is 22.7 Å². The van der Waals surface area contributed by atoms with Crippen LogP contribution in [0.15, 0.2) is 36.4 Å². The highest BCUT2D eigenvalue weighted by molar-refractivity contribution is 5.91. The second-order valence-corrected chi connectivity index (χ2v) is 4.45. The third kappa shape index (κ3) is 5.76. The average molecular weight is 302 g/mol. The third-order valence-corrected chi connectivity index (χ3v) is 2.48. The number of nitrogens with one attached hydrogen (secondary N) is 1. The second kappa shape index (κ2) is 7.01. The number of halogens is 3. The van der Waals surface area contributed by atoms with E-state index in [9.17, 15) is 18.0 Å². The Morgan fingerprint density at radius 2 is 2.00 bits per heavy atom. The van der Waals surface area contributed by atoms with Gasteiger partial charge in [-0.25, -0.2) is 4.79 Å². The smallest absolute Gasteiger partial charge is 0.404 e. The number of alkyl halides is 3. The van der Waals surface area contributed by atoms with E-state index in [4.69, 9.17) is 0 Å². The number of ether oxygens (including phenoxy) is 1. The average Bonchev–Trinajstić information content (AvgIpc) is 2.36. The van der Waals surface area contributed by atoms with Crippen molar-refractivity contribution in [1.29, 1.82) is 0 Å². The number of para-hydroxylation sites is 2. The Labute approximate surface area is 121 Å². The number of benzene rings is 1. The van der Waals surface area contributed by atoms with Gasteiger partial charge in [0.25, 0.3) is 0 Å². The summed E-state index contributed by atoms with van der Waals surface area (Å²) in [5.41, 5.74) is 0.729. The fourth-order valence-corrected chi connectivity index (χ4v) is 1.63. The summed E-state index contributed by atoms with van der Waals surface area (Å²) in [4.78, 5) is 13.5. The summed E-state index contributed by atoms with van der Waals surface area (Å²) in [6.45, 7) is 7.96. The van der Waals surface area contributed by atoms with Crippen LogP contribution in [-0.4, -0.2) is 30.4 Å². The molecule has 7 heteroatoms. The Bertz CT molecular complexity index is 515. The Kier molecular flexibility index (Phi) is 5.63. The maximum atomic E-state index is 12.3. The first-order valence-corrected chi connectivity index (χ1v) is 6.28. The fourth-order valence-electron chi connectivity index (χ4n) is 1.63. The number of carbonyl (C=O) groups excluding carboxylic acids is 1. The molecule has 1 aromatic carbocycles. The van der Waals surface area contributed by atoms with Gasteiger partial charge in [0.15, 0.2) is 5.75 Å². The highest BCUT2D eigenvalue weighted by Gasteiger charge is 2.32. The summed E-state index contributed by atoms with van der Waals surface area (Å²) in [6, 6.07) is 4.86. The van der Waals surface area contributed by atoms with Crippen molar-refractivity contribution in [3.8, 4) is 5.75 Å². The molecule has 0 saturated carbocycles. The van der Waals surface area contributed by atoms with Crippen LogP contribution < -0.4 is 10.1 Å². The van der Waals surface area contributed by atoms with E-state index in [1.165, 1.54) is 23.1 Å². The van der Waals surface area contributed by atoms with Crippen LogP contribution in [0.3, 0.4) is 0 Å². The van der Waals surface area contributed by atoms with E-state index in [2.05, 4.69) is 16.6 Å². The van der Waals surface area contributed by atoms with Gasteiger partial charge in [-0.3, -0.25) is 0 Å². The van der Waals surface area contributed by atoms with Gasteiger partial charge in [-0.15, -0.1) is 13.2 Å². The first-order chi connectivity index (χ1) is 9.73. The molecule has 2 amide bonds. The summed E-state index contributed by atoms with van der Waals surface area (Å²) < 4.78 is 40.8. The molecule has 0 aromatic heterocycles. The molecule has 1 N–H and O–H groups in total. The van der Waals surface area contributed by atoms with Gasteiger partial charge < -0.3 is 15.0 Å². The van der Waals surface area contributed by atoms with Gasteiger partial charge in [0.2, 0.25) is 0 Å². The lowest BCUT2D eigenvalue weighted by Crippen LogP contribution is -2.36. The van der Waals surface area contributed by atoms with Gasteiger partial charge in [-0.1, -0.05) is 24.3 Å². The molecule has 0 aliphatic rings. The Balaban J connectivity index is 2.87. The van der Waals surface area contributed by atoms with Gasteiger partial charge in [-0.2, -0.15) is 0 Å². The van der Waals surface area contributed by atoms with Crippen LogP contribution in [0.25, 0.3) is 0 Å². The van der Waals surface area contributed by atoms with Crippen LogP contribution in [0.4, 0.5) is 23.7 Å². The predicted molar refractivity (Wildman–Crippen MR) is 74.2 cm³/mol. The molecule has 1 aromatic rings. The minimum absolute atomic E-state index is 0.0417. The number of urea groups is 1. The number of hydrogen-bond acceptors (Lipinski definition) is 2. The van der Waals surface area contributed by atoms with Gasteiger partial charge in [0.1, 0.15) is 0 Å². The van der Waals surface area contributed by atoms with Gasteiger partial charge >= 0.3 is 12.4 Å². The lowest BCUT2D eigenvalue weighted by atomic mass is 10.3. The zero-order valence-corrected chi connectivity index (χ0v) is 11.8. The normalized spacial score (nSPS) is 10.9. The first-order valence-electron chi connectivity index (χ1n) is 6.28. The standard InChI is InChI=1S/C14H17F3N2O2/c1-4-19(9-10(2)3)13(20)18-11-7-5-6-8-12(11)21-14(15,16)17/h5-8H,2,4,9H2,1,3H3,(H,18,20). The molecular formula is C14H17F3N2O2. The van der Waals surface area contributed by atoms with Crippen molar-refractivity contribution in [3.63, 3.8) is 0 Å².